The maximum absolute atomic E-state index is 4.97. The average Bonchev–Trinajstić information content (AvgIpc) is 1.65. The van der Waals surface area contributed by atoms with Crippen LogP contribution in [0.2, 0.25) is 0 Å². The van der Waals surface area contributed by atoms with Gasteiger partial charge in [-0.1, -0.05) is 0 Å². The quantitative estimate of drug-likeness (QED) is 0.734. The van der Waals surface area contributed by atoms with Gasteiger partial charge in [0.1, 0.15) is 0 Å². The van der Waals surface area contributed by atoms with E-state index in [0.29, 0.717) is 13.1 Å². The monoisotopic (exact) mass is 358 g/mol. The van der Waals surface area contributed by atoms with Gasteiger partial charge in [-0.3, -0.25) is 0 Å². The molecule has 4 N–H and O–H groups in total. The molecule has 0 heterocycles. The zero-order valence-corrected chi connectivity index (χ0v) is 8.70. The molecule has 0 aliphatic carbocycles. The van der Waals surface area contributed by atoms with Gasteiger partial charge in [-0.25, -0.2) is 0 Å². The SMILES string of the molecule is NCCN.[Cl][Ir]([Cl])[Cl]. The van der Waals surface area contributed by atoms with Gasteiger partial charge in [0.2, 0.25) is 0 Å². The summed E-state index contributed by atoms with van der Waals surface area (Å²) in [5.41, 5.74) is 9.81. The molecule has 0 radical (unpaired) electrons. The van der Waals surface area contributed by atoms with Crippen LogP contribution in [0.4, 0.5) is 0 Å². The van der Waals surface area contributed by atoms with Crippen LogP contribution in [0.15, 0.2) is 0 Å². The van der Waals surface area contributed by atoms with Crippen LogP contribution in [0.1, 0.15) is 0 Å². The summed E-state index contributed by atoms with van der Waals surface area (Å²) in [5, 5.41) is 0. The Morgan fingerprint density at radius 1 is 1.00 bits per heavy atom. The first-order valence-corrected chi connectivity index (χ1v) is 10.6. The number of hydrogen-bond acceptors (Lipinski definition) is 2. The van der Waals surface area contributed by atoms with E-state index in [2.05, 4.69) is 0 Å². The zero-order valence-electron chi connectivity index (χ0n) is 4.04. The minimum absolute atomic E-state index is 0.597. The number of halogens is 3. The summed E-state index contributed by atoms with van der Waals surface area (Å²) in [6, 6.07) is 0. The molecule has 0 atom stereocenters. The van der Waals surface area contributed by atoms with E-state index in [1.165, 1.54) is 0 Å². The third kappa shape index (κ3) is 51.8. The summed E-state index contributed by atoms with van der Waals surface area (Å²) >= 11 is -1.92. The van der Waals surface area contributed by atoms with Gasteiger partial charge in [-0.15, -0.1) is 0 Å². The molecule has 0 amide bonds. The van der Waals surface area contributed by atoms with Crippen molar-refractivity contribution in [3.63, 3.8) is 0 Å². The van der Waals surface area contributed by atoms with E-state index in [0.717, 1.165) is 0 Å². The standard InChI is InChI=1S/C2H8N2.3ClH.Ir/c3-1-2-4;;;;/h1-4H2;3*1H;/q;;;;+3/p-3. The normalized spacial score (nSPS) is 9.38. The van der Waals surface area contributed by atoms with Crippen molar-refractivity contribution >= 4 is 28.8 Å². The molecular weight excluding hydrogens is 351 g/mol. The molecule has 8 heavy (non-hydrogen) atoms. The molecule has 56 valence electrons. The second-order valence-electron chi connectivity index (χ2n) is 0.720. The van der Waals surface area contributed by atoms with E-state index in [4.69, 9.17) is 40.2 Å². The van der Waals surface area contributed by atoms with Crippen molar-refractivity contribution in [1.29, 1.82) is 0 Å². The van der Waals surface area contributed by atoms with Crippen LogP contribution in [0.25, 0.3) is 0 Å². The average molecular weight is 359 g/mol. The Balaban J connectivity index is 0. The first-order valence-electron chi connectivity index (χ1n) is 1.69. The Hall–Kier alpha value is 1.44. The van der Waals surface area contributed by atoms with Crippen LogP contribution < -0.4 is 11.5 Å². The molecule has 0 aromatic rings. The van der Waals surface area contributed by atoms with Gasteiger partial charge < -0.3 is 11.5 Å². The predicted molar refractivity (Wildman–Crippen MR) is 35.7 cm³/mol. The van der Waals surface area contributed by atoms with Gasteiger partial charge in [-0.2, -0.15) is 0 Å². The summed E-state index contributed by atoms with van der Waals surface area (Å²) in [7, 11) is 14.9. The van der Waals surface area contributed by atoms with Gasteiger partial charge >= 0.3 is 42.2 Å². The zero-order chi connectivity index (χ0) is 6.99. The molecule has 0 saturated heterocycles. The molecule has 0 unspecified atom stereocenters. The third-order valence-electron chi connectivity index (χ3n) is 0.167. The van der Waals surface area contributed by atoms with Crippen molar-refractivity contribution in [2.24, 2.45) is 11.5 Å². The summed E-state index contributed by atoms with van der Waals surface area (Å²) in [4.78, 5) is 0. The molecule has 0 fully saturated rings. The second-order valence-corrected chi connectivity index (χ2v) is 11.1. The molecule has 0 rings (SSSR count). The van der Waals surface area contributed by atoms with Crippen molar-refractivity contribution in [3.05, 3.63) is 0 Å². The van der Waals surface area contributed by atoms with E-state index in [9.17, 15) is 0 Å². The van der Waals surface area contributed by atoms with E-state index in [1.54, 1.807) is 0 Å². The number of nitrogens with two attached hydrogens (primary N) is 2. The molecule has 6 heteroatoms. The van der Waals surface area contributed by atoms with E-state index in [1.807, 2.05) is 0 Å². The van der Waals surface area contributed by atoms with Crippen LogP contribution >= 0.6 is 28.8 Å². The van der Waals surface area contributed by atoms with E-state index < -0.39 is 13.5 Å². The number of hydrogen-bond donors (Lipinski definition) is 2. The molecule has 2 nitrogen and oxygen atoms in total. The van der Waals surface area contributed by atoms with Crippen molar-refractivity contribution < 1.29 is 13.5 Å². The first kappa shape index (κ1) is 12.1. The first-order chi connectivity index (χ1) is 3.65. The predicted octanol–water partition coefficient (Wildman–Crippen LogP) is 0.970. The maximum atomic E-state index is 4.97. The molecule has 0 aromatic heterocycles. The molecule has 0 aliphatic rings. The van der Waals surface area contributed by atoms with Crippen LogP contribution in [-0.2, 0) is 13.5 Å². The number of rotatable bonds is 1. The fourth-order valence-electron chi connectivity index (χ4n) is 0. The van der Waals surface area contributed by atoms with Gasteiger partial charge in [-0.05, 0) is 0 Å². The summed E-state index contributed by atoms with van der Waals surface area (Å²) in [5.74, 6) is 0. The Morgan fingerprint density at radius 3 is 1.12 bits per heavy atom. The van der Waals surface area contributed by atoms with Crippen molar-refractivity contribution in [3.8, 4) is 0 Å². The fourth-order valence-corrected chi connectivity index (χ4v) is 0. The summed E-state index contributed by atoms with van der Waals surface area (Å²) in [6.45, 7) is 1.19. The molecular formula is C2H8Cl3IrN2. The Bertz CT molecular complexity index is 31.7. The molecule has 0 aliphatic heterocycles. The fraction of sp³-hybridized carbons (Fsp3) is 1.00. The Morgan fingerprint density at radius 2 is 1.12 bits per heavy atom. The van der Waals surface area contributed by atoms with Gasteiger partial charge in [0.05, 0.1) is 0 Å². The van der Waals surface area contributed by atoms with Crippen molar-refractivity contribution in [1.82, 2.24) is 0 Å². The van der Waals surface area contributed by atoms with Crippen LogP contribution in [0.3, 0.4) is 0 Å². The minimum atomic E-state index is -1.92. The molecule has 0 saturated carbocycles. The van der Waals surface area contributed by atoms with E-state index >= 15 is 0 Å². The van der Waals surface area contributed by atoms with Gasteiger partial charge in [0, 0.05) is 13.1 Å². The van der Waals surface area contributed by atoms with Gasteiger partial charge in [0.25, 0.3) is 0 Å². The van der Waals surface area contributed by atoms with Crippen LogP contribution in [-0.4, -0.2) is 13.1 Å². The van der Waals surface area contributed by atoms with Crippen LogP contribution in [0, 0.1) is 0 Å². The molecule has 0 spiro atoms. The Labute approximate surface area is 66.6 Å². The molecule has 0 aromatic carbocycles. The third-order valence-corrected chi connectivity index (χ3v) is 0.167. The topological polar surface area (TPSA) is 52.0 Å². The van der Waals surface area contributed by atoms with E-state index in [-0.39, 0.29) is 0 Å². The summed E-state index contributed by atoms with van der Waals surface area (Å²) in [6.07, 6.45) is 0. The summed E-state index contributed by atoms with van der Waals surface area (Å²) < 4.78 is 0. The van der Waals surface area contributed by atoms with Crippen molar-refractivity contribution in [2.45, 2.75) is 0 Å². The van der Waals surface area contributed by atoms with Crippen molar-refractivity contribution in [2.75, 3.05) is 13.1 Å². The Kier molecular flexibility index (Phi) is 17.1. The second kappa shape index (κ2) is 11.3. The van der Waals surface area contributed by atoms with Crippen LogP contribution in [0.5, 0.6) is 0 Å². The van der Waals surface area contributed by atoms with Gasteiger partial charge in [0.15, 0.2) is 0 Å². The molecule has 0 bridgehead atoms.